The molecule has 1 N–H and O–H groups in total. The summed E-state index contributed by atoms with van der Waals surface area (Å²) in [5.74, 6) is 0. The minimum atomic E-state index is 0.449. The molecule has 0 bridgehead atoms. The van der Waals surface area contributed by atoms with E-state index in [1.165, 1.54) is 64.5 Å². The lowest BCUT2D eigenvalue weighted by atomic mass is 9.70. The van der Waals surface area contributed by atoms with Gasteiger partial charge in [-0.05, 0) is 50.6 Å². The van der Waals surface area contributed by atoms with Crippen LogP contribution < -0.4 is 5.32 Å². The fourth-order valence-electron chi connectivity index (χ4n) is 4.68. The van der Waals surface area contributed by atoms with E-state index in [4.69, 9.17) is 0 Å². The number of hydrogen-bond acceptors (Lipinski definition) is 2. The number of nitrogens with zero attached hydrogens (tertiary/aromatic N) is 1. The molecule has 2 fully saturated rings. The lowest BCUT2D eigenvalue weighted by Crippen LogP contribution is -2.60. The molecule has 0 heterocycles. The van der Waals surface area contributed by atoms with Crippen LogP contribution in [0, 0.1) is 5.41 Å². The fourth-order valence-corrected chi connectivity index (χ4v) is 4.68. The number of hydrogen-bond donors (Lipinski definition) is 1. The van der Waals surface area contributed by atoms with Gasteiger partial charge in [0.05, 0.1) is 0 Å². The normalized spacial score (nSPS) is 31.1. The fraction of sp³-hybridized carbons (Fsp3) is 1.00. The third-order valence-electron chi connectivity index (χ3n) is 5.75. The summed E-state index contributed by atoms with van der Waals surface area (Å²) in [5, 5.41) is 3.91. The van der Waals surface area contributed by atoms with E-state index in [9.17, 15) is 0 Å². The zero-order valence-corrected chi connectivity index (χ0v) is 14.3. The zero-order valence-electron chi connectivity index (χ0n) is 14.3. The second kappa shape index (κ2) is 7.26. The van der Waals surface area contributed by atoms with Gasteiger partial charge in [0, 0.05) is 18.1 Å². The van der Waals surface area contributed by atoms with Crippen molar-refractivity contribution in [2.45, 2.75) is 97.2 Å². The highest BCUT2D eigenvalue weighted by molar-refractivity contribution is 4.99. The molecular weight excluding hydrogens is 244 g/mol. The van der Waals surface area contributed by atoms with Gasteiger partial charge in [0.15, 0.2) is 0 Å². The summed E-state index contributed by atoms with van der Waals surface area (Å²) in [4.78, 5) is 2.86. The minimum Gasteiger partial charge on any atom is -0.312 e. The molecule has 2 aliphatic rings. The molecule has 2 aliphatic carbocycles. The highest BCUT2D eigenvalue weighted by atomic mass is 15.2. The van der Waals surface area contributed by atoms with Gasteiger partial charge in [-0.3, -0.25) is 4.90 Å². The maximum atomic E-state index is 3.91. The lowest BCUT2D eigenvalue weighted by molar-refractivity contribution is 0.0274. The molecule has 2 heteroatoms. The van der Waals surface area contributed by atoms with Crippen molar-refractivity contribution in [2.75, 3.05) is 13.1 Å². The topological polar surface area (TPSA) is 15.3 Å². The van der Waals surface area contributed by atoms with E-state index < -0.39 is 0 Å². The van der Waals surface area contributed by atoms with Crippen molar-refractivity contribution in [1.29, 1.82) is 0 Å². The molecule has 2 unspecified atom stereocenters. The summed E-state index contributed by atoms with van der Waals surface area (Å²) < 4.78 is 0. The molecule has 0 aromatic heterocycles. The van der Waals surface area contributed by atoms with Crippen molar-refractivity contribution in [3.05, 3.63) is 0 Å². The van der Waals surface area contributed by atoms with E-state index in [1.807, 2.05) is 0 Å². The average Bonchev–Trinajstić information content (AvgIpc) is 2.92. The Kier molecular flexibility index (Phi) is 5.92. The van der Waals surface area contributed by atoms with Gasteiger partial charge in [-0.2, -0.15) is 0 Å². The molecule has 2 nitrogen and oxygen atoms in total. The van der Waals surface area contributed by atoms with Gasteiger partial charge < -0.3 is 5.32 Å². The summed E-state index contributed by atoms with van der Waals surface area (Å²) in [5.41, 5.74) is 0.449. The Morgan fingerprint density at radius 2 is 1.75 bits per heavy atom. The summed E-state index contributed by atoms with van der Waals surface area (Å²) in [6.07, 6.45) is 11.2. The Morgan fingerprint density at radius 3 is 2.35 bits per heavy atom. The summed E-state index contributed by atoms with van der Waals surface area (Å²) >= 11 is 0. The first kappa shape index (κ1) is 16.3. The zero-order chi connectivity index (χ0) is 14.6. The molecule has 0 aliphatic heterocycles. The van der Waals surface area contributed by atoms with E-state index >= 15 is 0 Å². The molecular formula is C18H36N2. The second-order valence-electron chi connectivity index (χ2n) is 7.65. The standard InChI is InChI=1S/C18H36N2/c1-5-14-19-17-16(12-9-13-18(17,3)4)20(6-2)15-10-7-8-11-15/h15-17,19H,5-14H2,1-4H3. The van der Waals surface area contributed by atoms with Crippen LogP contribution in [0.5, 0.6) is 0 Å². The van der Waals surface area contributed by atoms with Gasteiger partial charge in [0.1, 0.15) is 0 Å². The minimum absolute atomic E-state index is 0.449. The predicted octanol–water partition coefficient (Wildman–Crippen LogP) is 4.20. The van der Waals surface area contributed by atoms with Gasteiger partial charge in [0.25, 0.3) is 0 Å². The van der Waals surface area contributed by atoms with Crippen LogP contribution in [0.1, 0.15) is 79.1 Å². The third-order valence-corrected chi connectivity index (χ3v) is 5.75. The highest BCUT2D eigenvalue weighted by Crippen LogP contribution is 2.39. The molecule has 0 amide bonds. The van der Waals surface area contributed by atoms with Gasteiger partial charge in [-0.25, -0.2) is 0 Å². The van der Waals surface area contributed by atoms with Crippen LogP contribution in [0.2, 0.25) is 0 Å². The molecule has 0 spiro atoms. The molecule has 0 aromatic carbocycles. The van der Waals surface area contributed by atoms with Crippen molar-refractivity contribution in [3.63, 3.8) is 0 Å². The second-order valence-corrected chi connectivity index (χ2v) is 7.65. The van der Waals surface area contributed by atoms with Gasteiger partial charge in [-0.1, -0.05) is 47.0 Å². The third kappa shape index (κ3) is 3.57. The molecule has 20 heavy (non-hydrogen) atoms. The molecule has 0 aromatic rings. The van der Waals surface area contributed by atoms with E-state index in [1.54, 1.807) is 0 Å². The van der Waals surface area contributed by atoms with Crippen molar-refractivity contribution in [2.24, 2.45) is 5.41 Å². The van der Waals surface area contributed by atoms with Crippen LogP contribution in [0.15, 0.2) is 0 Å². The molecule has 0 saturated heterocycles. The van der Waals surface area contributed by atoms with E-state index in [-0.39, 0.29) is 0 Å². The van der Waals surface area contributed by atoms with Crippen LogP contribution in [-0.2, 0) is 0 Å². The summed E-state index contributed by atoms with van der Waals surface area (Å²) in [6, 6.07) is 2.31. The molecule has 2 atom stereocenters. The summed E-state index contributed by atoms with van der Waals surface area (Å²) in [6.45, 7) is 12.0. The molecule has 2 saturated carbocycles. The van der Waals surface area contributed by atoms with Crippen LogP contribution in [0.3, 0.4) is 0 Å². The van der Waals surface area contributed by atoms with Gasteiger partial charge in [0.2, 0.25) is 0 Å². The SMILES string of the molecule is CCCNC1C(N(CC)C2CCCC2)CCCC1(C)C. The Balaban J connectivity index is 2.11. The van der Waals surface area contributed by atoms with Crippen molar-refractivity contribution >= 4 is 0 Å². The van der Waals surface area contributed by atoms with Crippen LogP contribution in [0.4, 0.5) is 0 Å². The Hall–Kier alpha value is -0.0800. The first-order valence-corrected chi connectivity index (χ1v) is 9.09. The van der Waals surface area contributed by atoms with Gasteiger partial charge in [-0.15, -0.1) is 0 Å². The van der Waals surface area contributed by atoms with Crippen LogP contribution >= 0.6 is 0 Å². The van der Waals surface area contributed by atoms with Crippen LogP contribution in [0.25, 0.3) is 0 Å². The smallest absolute Gasteiger partial charge is 0.0274 e. The quantitative estimate of drug-likeness (QED) is 0.784. The Labute approximate surface area is 126 Å². The maximum Gasteiger partial charge on any atom is 0.0274 e. The van der Waals surface area contributed by atoms with Crippen molar-refractivity contribution in [3.8, 4) is 0 Å². The number of likely N-dealkylation sites (N-methyl/N-ethyl adjacent to an activating group) is 1. The first-order valence-electron chi connectivity index (χ1n) is 9.09. The monoisotopic (exact) mass is 280 g/mol. The molecule has 118 valence electrons. The maximum absolute atomic E-state index is 3.91. The molecule has 0 radical (unpaired) electrons. The first-order chi connectivity index (χ1) is 9.60. The summed E-state index contributed by atoms with van der Waals surface area (Å²) in [7, 11) is 0. The number of nitrogens with one attached hydrogen (secondary N) is 1. The van der Waals surface area contributed by atoms with E-state index in [0.29, 0.717) is 11.5 Å². The Bertz CT molecular complexity index is 281. The van der Waals surface area contributed by atoms with E-state index in [2.05, 4.69) is 37.9 Å². The average molecular weight is 280 g/mol. The van der Waals surface area contributed by atoms with Crippen molar-refractivity contribution in [1.82, 2.24) is 10.2 Å². The van der Waals surface area contributed by atoms with Crippen molar-refractivity contribution < 1.29 is 0 Å². The lowest BCUT2D eigenvalue weighted by Gasteiger charge is -2.50. The largest absolute Gasteiger partial charge is 0.312 e. The predicted molar refractivity (Wildman–Crippen MR) is 88.1 cm³/mol. The Morgan fingerprint density at radius 1 is 1.05 bits per heavy atom. The molecule has 2 rings (SSSR count). The number of rotatable bonds is 6. The van der Waals surface area contributed by atoms with Gasteiger partial charge >= 0.3 is 0 Å². The highest BCUT2D eigenvalue weighted by Gasteiger charge is 2.42. The van der Waals surface area contributed by atoms with E-state index in [0.717, 1.165) is 12.1 Å². The van der Waals surface area contributed by atoms with Crippen LogP contribution in [-0.4, -0.2) is 36.1 Å².